The van der Waals surface area contributed by atoms with Gasteiger partial charge in [0.1, 0.15) is 5.78 Å². The second-order valence-corrected chi connectivity index (χ2v) is 4.91. The van der Waals surface area contributed by atoms with Gasteiger partial charge in [-0.25, -0.2) is 0 Å². The number of methoxy groups -OCH3 is 2. The van der Waals surface area contributed by atoms with E-state index in [-0.39, 0.29) is 29.6 Å². The Labute approximate surface area is 117 Å². The summed E-state index contributed by atoms with van der Waals surface area (Å²) in [5.74, 6) is 0.849. The molecule has 0 aliphatic carbocycles. The van der Waals surface area contributed by atoms with Gasteiger partial charge in [-0.05, 0) is 12.0 Å². The van der Waals surface area contributed by atoms with Crippen LogP contribution >= 0.6 is 0 Å². The molecular weight excluding hydrogens is 262 g/mol. The minimum absolute atomic E-state index is 0.0227. The highest BCUT2D eigenvalue weighted by atomic mass is 16.6. The smallest absolute Gasteiger partial charge is 0.277 e. The number of carbonyl (C=O) groups excluding carboxylic acids is 1. The molecule has 0 aromatic heterocycles. The minimum Gasteiger partial charge on any atom is -0.493 e. The summed E-state index contributed by atoms with van der Waals surface area (Å²) in [4.78, 5) is 22.4. The normalized spacial score (nSPS) is 10.4. The first-order valence-electron chi connectivity index (χ1n) is 6.30. The lowest BCUT2D eigenvalue weighted by atomic mass is 9.99. The van der Waals surface area contributed by atoms with Crippen LogP contribution in [0, 0.1) is 16.0 Å². The molecule has 0 saturated carbocycles. The maximum absolute atomic E-state index is 11.9. The average Bonchev–Trinajstić information content (AvgIpc) is 2.36. The van der Waals surface area contributed by atoms with Crippen molar-refractivity contribution >= 4 is 11.5 Å². The van der Waals surface area contributed by atoms with Crippen LogP contribution in [0.25, 0.3) is 0 Å². The summed E-state index contributed by atoms with van der Waals surface area (Å²) in [6.07, 6.45) is 0.417. The van der Waals surface area contributed by atoms with E-state index in [0.29, 0.717) is 17.7 Å². The first-order valence-corrected chi connectivity index (χ1v) is 6.30. The lowest BCUT2D eigenvalue weighted by Crippen LogP contribution is -2.08. The zero-order valence-electron chi connectivity index (χ0n) is 12.1. The number of nitrogens with zero attached hydrogens (tertiary/aromatic N) is 1. The molecule has 0 aliphatic rings. The monoisotopic (exact) mass is 281 g/mol. The van der Waals surface area contributed by atoms with Gasteiger partial charge in [0.05, 0.1) is 25.2 Å². The molecule has 0 aliphatic heterocycles. The molecule has 0 bridgehead atoms. The van der Waals surface area contributed by atoms with Crippen LogP contribution < -0.4 is 9.47 Å². The highest BCUT2D eigenvalue weighted by Gasteiger charge is 2.21. The first-order chi connectivity index (χ1) is 9.38. The Morgan fingerprint density at radius 2 is 1.80 bits per heavy atom. The summed E-state index contributed by atoms with van der Waals surface area (Å²) >= 11 is 0. The van der Waals surface area contributed by atoms with E-state index in [9.17, 15) is 14.9 Å². The molecule has 6 nitrogen and oxygen atoms in total. The SMILES string of the molecule is COc1cc(CC(=O)CC(C)C)c([N+](=O)[O-])cc1OC. The van der Waals surface area contributed by atoms with Crippen molar-refractivity contribution < 1.29 is 19.2 Å². The lowest BCUT2D eigenvalue weighted by Gasteiger charge is -2.10. The van der Waals surface area contributed by atoms with Crippen LogP contribution in [0.2, 0.25) is 0 Å². The number of nitro groups is 1. The number of hydrogen-bond donors (Lipinski definition) is 0. The van der Waals surface area contributed by atoms with Gasteiger partial charge in [0.25, 0.3) is 5.69 Å². The molecule has 0 spiro atoms. The highest BCUT2D eigenvalue weighted by Crippen LogP contribution is 2.34. The number of hydrogen-bond acceptors (Lipinski definition) is 5. The molecule has 0 fully saturated rings. The maximum Gasteiger partial charge on any atom is 0.277 e. The molecule has 0 saturated heterocycles. The molecule has 0 atom stereocenters. The predicted octanol–water partition coefficient (Wildman–Crippen LogP) is 2.77. The molecule has 0 amide bonds. The number of nitro benzene ring substituents is 1. The van der Waals surface area contributed by atoms with E-state index in [1.165, 1.54) is 26.4 Å². The third-order valence-corrected chi connectivity index (χ3v) is 2.81. The van der Waals surface area contributed by atoms with Crippen molar-refractivity contribution in [2.75, 3.05) is 14.2 Å². The number of carbonyl (C=O) groups is 1. The Kier molecular flexibility index (Phi) is 5.49. The summed E-state index contributed by atoms with van der Waals surface area (Å²) in [7, 11) is 2.86. The van der Waals surface area contributed by atoms with Gasteiger partial charge < -0.3 is 9.47 Å². The summed E-state index contributed by atoms with van der Waals surface area (Å²) < 4.78 is 10.2. The van der Waals surface area contributed by atoms with Crippen molar-refractivity contribution in [3.8, 4) is 11.5 Å². The van der Waals surface area contributed by atoms with Gasteiger partial charge in [0, 0.05) is 18.4 Å². The predicted molar refractivity (Wildman–Crippen MR) is 74.4 cm³/mol. The summed E-state index contributed by atoms with van der Waals surface area (Å²) in [6, 6.07) is 2.78. The van der Waals surface area contributed by atoms with E-state index < -0.39 is 4.92 Å². The summed E-state index contributed by atoms with van der Waals surface area (Å²) in [6.45, 7) is 3.86. The molecule has 6 heteroatoms. The quantitative estimate of drug-likeness (QED) is 0.567. The molecule has 1 aromatic carbocycles. The standard InChI is InChI=1S/C14H19NO5/c1-9(2)5-11(16)6-10-7-13(19-3)14(20-4)8-12(10)15(17)18/h7-9H,5-6H2,1-4H3. The molecule has 0 heterocycles. The van der Waals surface area contributed by atoms with Crippen LogP contribution in [0.3, 0.4) is 0 Å². The first kappa shape index (κ1) is 15.9. The van der Waals surface area contributed by atoms with Crippen LogP contribution in [0.1, 0.15) is 25.8 Å². The van der Waals surface area contributed by atoms with Crippen LogP contribution in [0.5, 0.6) is 11.5 Å². The van der Waals surface area contributed by atoms with Crippen molar-refractivity contribution in [2.45, 2.75) is 26.7 Å². The lowest BCUT2D eigenvalue weighted by molar-refractivity contribution is -0.385. The fourth-order valence-corrected chi connectivity index (χ4v) is 1.96. The zero-order chi connectivity index (χ0) is 15.3. The number of benzene rings is 1. The third kappa shape index (κ3) is 3.94. The average molecular weight is 281 g/mol. The molecule has 1 aromatic rings. The van der Waals surface area contributed by atoms with E-state index in [0.717, 1.165) is 0 Å². The molecule has 110 valence electrons. The third-order valence-electron chi connectivity index (χ3n) is 2.81. The van der Waals surface area contributed by atoms with Crippen LogP contribution in [-0.4, -0.2) is 24.9 Å². The number of ether oxygens (including phenoxy) is 2. The van der Waals surface area contributed by atoms with Gasteiger partial charge in [0.2, 0.25) is 0 Å². The summed E-state index contributed by atoms with van der Waals surface area (Å²) in [5.41, 5.74) is 0.220. The van der Waals surface area contributed by atoms with Crippen LogP contribution in [0.15, 0.2) is 12.1 Å². The maximum atomic E-state index is 11.9. The van der Waals surface area contributed by atoms with E-state index in [1.54, 1.807) is 0 Å². The Balaban J connectivity index is 3.15. The minimum atomic E-state index is -0.514. The largest absolute Gasteiger partial charge is 0.493 e. The van der Waals surface area contributed by atoms with Gasteiger partial charge in [-0.2, -0.15) is 0 Å². The molecule has 0 unspecified atom stereocenters. The highest BCUT2D eigenvalue weighted by molar-refractivity contribution is 5.82. The van der Waals surface area contributed by atoms with Crippen molar-refractivity contribution in [2.24, 2.45) is 5.92 Å². The van der Waals surface area contributed by atoms with E-state index in [1.807, 2.05) is 13.8 Å². The Bertz CT molecular complexity index is 511. The van der Waals surface area contributed by atoms with Crippen molar-refractivity contribution in [3.05, 3.63) is 27.8 Å². The Morgan fingerprint density at radius 3 is 2.25 bits per heavy atom. The second kappa shape index (κ2) is 6.88. The topological polar surface area (TPSA) is 78.7 Å². The molecule has 0 N–H and O–H groups in total. The number of Topliss-reactive ketones (excluding diaryl/α,β-unsaturated/α-hetero) is 1. The van der Waals surface area contributed by atoms with Crippen LogP contribution in [-0.2, 0) is 11.2 Å². The van der Waals surface area contributed by atoms with Gasteiger partial charge in [-0.15, -0.1) is 0 Å². The van der Waals surface area contributed by atoms with Gasteiger partial charge >= 0.3 is 0 Å². The van der Waals surface area contributed by atoms with E-state index in [4.69, 9.17) is 9.47 Å². The Hall–Kier alpha value is -2.11. The fraction of sp³-hybridized carbons (Fsp3) is 0.500. The molecular formula is C14H19NO5. The Morgan fingerprint density at radius 1 is 1.25 bits per heavy atom. The zero-order valence-corrected chi connectivity index (χ0v) is 12.1. The van der Waals surface area contributed by atoms with Gasteiger partial charge in [0.15, 0.2) is 11.5 Å². The second-order valence-electron chi connectivity index (χ2n) is 4.91. The molecule has 0 radical (unpaired) electrons. The van der Waals surface area contributed by atoms with Crippen LogP contribution in [0.4, 0.5) is 5.69 Å². The summed E-state index contributed by atoms with van der Waals surface area (Å²) in [5, 5.41) is 11.1. The van der Waals surface area contributed by atoms with Crippen molar-refractivity contribution in [1.29, 1.82) is 0 Å². The fourth-order valence-electron chi connectivity index (χ4n) is 1.96. The molecule has 1 rings (SSSR count). The number of rotatable bonds is 7. The molecule has 20 heavy (non-hydrogen) atoms. The van der Waals surface area contributed by atoms with E-state index in [2.05, 4.69) is 0 Å². The van der Waals surface area contributed by atoms with Gasteiger partial charge in [-0.3, -0.25) is 14.9 Å². The van der Waals surface area contributed by atoms with Gasteiger partial charge in [-0.1, -0.05) is 13.8 Å². The number of ketones is 1. The van der Waals surface area contributed by atoms with E-state index >= 15 is 0 Å². The van der Waals surface area contributed by atoms with Crippen molar-refractivity contribution in [1.82, 2.24) is 0 Å². The van der Waals surface area contributed by atoms with Crippen molar-refractivity contribution in [3.63, 3.8) is 0 Å².